The van der Waals surface area contributed by atoms with Crippen LogP contribution in [0.1, 0.15) is 11.1 Å². The molecule has 0 bridgehead atoms. The van der Waals surface area contributed by atoms with Crippen LogP contribution in [0.3, 0.4) is 0 Å². The highest BCUT2D eigenvalue weighted by atomic mass is 19.1. The number of carbonyl (C=O) groups is 1. The molecule has 1 rings (SSSR count). The molecular formula is C10H10FNO. The number of hydrogen-bond acceptors (Lipinski definition) is 1. The van der Waals surface area contributed by atoms with E-state index in [-0.39, 0.29) is 5.82 Å². The van der Waals surface area contributed by atoms with E-state index in [2.05, 4.69) is 0 Å². The second-order valence-electron chi connectivity index (χ2n) is 2.71. The van der Waals surface area contributed by atoms with Gasteiger partial charge in [0.15, 0.2) is 0 Å². The van der Waals surface area contributed by atoms with E-state index in [1.807, 2.05) is 0 Å². The molecule has 0 aliphatic heterocycles. The summed E-state index contributed by atoms with van der Waals surface area (Å²) < 4.78 is 13.1. The molecule has 0 aliphatic carbocycles. The Hall–Kier alpha value is -1.64. The van der Waals surface area contributed by atoms with Gasteiger partial charge in [-0.05, 0) is 24.6 Å². The molecule has 1 aromatic rings. The highest BCUT2D eigenvalue weighted by Gasteiger charge is 2.00. The zero-order chi connectivity index (χ0) is 9.84. The number of aryl methyl sites for hydroxylation is 1. The van der Waals surface area contributed by atoms with Crippen molar-refractivity contribution in [2.75, 3.05) is 0 Å². The van der Waals surface area contributed by atoms with Crippen molar-refractivity contribution in [3.8, 4) is 0 Å². The first kappa shape index (κ1) is 9.45. The lowest BCUT2D eigenvalue weighted by atomic mass is 10.1. The van der Waals surface area contributed by atoms with Crippen molar-refractivity contribution in [2.24, 2.45) is 5.73 Å². The molecule has 0 saturated carbocycles. The Morgan fingerprint density at radius 1 is 1.54 bits per heavy atom. The molecule has 3 heteroatoms. The molecule has 13 heavy (non-hydrogen) atoms. The van der Waals surface area contributed by atoms with Crippen LogP contribution in [-0.2, 0) is 4.79 Å². The zero-order valence-corrected chi connectivity index (χ0v) is 7.25. The Labute approximate surface area is 75.9 Å². The molecule has 2 nitrogen and oxygen atoms in total. The summed E-state index contributed by atoms with van der Waals surface area (Å²) in [5.74, 6) is -0.930. The number of nitrogens with two attached hydrogens (primary N) is 1. The minimum atomic E-state index is -0.581. The van der Waals surface area contributed by atoms with Crippen LogP contribution >= 0.6 is 0 Å². The second kappa shape index (κ2) is 3.85. The Kier molecular flexibility index (Phi) is 2.80. The first-order valence-corrected chi connectivity index (χ1v) is 3.84. The molecule has 0 unspecified atom stereocenters. The van der Waals surface area contributed by atoms with E-state index in [1.165, 1.54) is 12.1 Å². The molecule has 0 heterocycles. The van der Waals surface area contributed by atoms with Gasteiger partial charge >= 0.3 is 0 Å². The first-order valence-electron chi connectivity index (χ1n) is 3.84. The van der Waals surface area contributed by atoms with E-state index >= 15 is 0 Å². The highest BCUT2D eigenvalue weighted by Crippen LogP contribution is 2.13. The number of rotatable bonds is 2. The van der Waals surface area contributed by atoms with Gasteiger partial charge in [-0.15, -0.1) is 0 Å². The Balaban J connectivity index is 3.06. The van der Waals surface area contributed by atoms with Gasteiger partial charge in [-0.1, -0.05) is 12.1 Å². The fourth-order valence-electron chi connectivity index (χ4n) is 1.02. The van der Waals surface area contributed by atoms with Crippen molar-refractivity contribution in [1.29, 1.82) is 0 Å². The van der Waals surface area contributed by atoms with Crippen LogP contribution in [0, 0.1) is 12.7 Å². The molecule has 2 N–H and O–H groups in total. The summed E-state index contributed by atoms with van der Waals surface area (Å²) >= 11 is 0. The third-order valence-corrected chi connectivity index (χ3v) is 1.69. The lowest BCUT2D eigenvalue weighted by Gasteiger charge is -2.00. The summed E-state index contributed by atoms with van der Waals surface area (Å²) in [6.07, 6.45) is 2.53. The molecule has 1 aromatic carbocycles. The van der Waals surface area contributed by atoms with E-state index < -0.39 is 5.91 Å². The van der Waals surface area contributed by atoms with E-state index in [0.717, 1.165) is 11.6 Å². The van der Waals surface area contributed by atoms with Crippen molar-refractivity contribution in [2.45, 2.75) is 6.92 Å². The number of benzene rings is 1. The minimum absolute atomic E-state index is 0.350. The van der Waals surface area contributed by atoms with Crippen LogP contribution in [0.15, 0.2) is 24.3 Å². The molecule has 0 radical (unpaired) electrons. The second-order valence-corrected chi connectivity index (χ2v) is 2.71. The number of halogens is 1. The maximum atomic E-state index is 13.1. The molecule has 0 aromatic heterocycles. The van der Waals surface area contributed by atoms with Gasteiger partial charge in [-0.3, -0.25) is 4.79 Å². The van der Waals surface area contributed by atoms with E-state index in [1.54, 1.807) is 19.1 Å². The van der Waals surface area contributed by atoms with Gasteiger partial charge in [0.25, 0.3) is 0 Å². The molecule has 0 aliphatic rings. The van der Waals surface area contributed by atoms with Crippen molar-refractivity contribution in [3.05, 3.63) is 41.2 Å². The highest BCUT2D eigenvalue weighted by molar-refractivity contribution is 5.90. The number of carbonyl (C=O) groups excluding carboxylic acids is 1. The van der Waals surface area contributed by atoms with Gasteiger partial charge in [-0.25, -0.2) is 4.39 Å². The topological polar surface area (TPSA) is 43.1 Å². The molecule has 0 fully saturated rings. The minimum Gasteiger partial charge on any atom is -0.366 e. The summed E-state index contributed by atoms with van der Waals surface area (Å²) in [6.45, 7) is 1.77. The van der Waals surface area contributed by atoms with Crippen LogP contribution < -0.4 is 5.73 Å². The van der Waals surface area contributed by atoms with E-state index in [9.17, 15) is 9.18 Å². The van der Waals surface area contributed by atoms with Crippen LogP contribution in [0.25, 0.3) is 6.08 Å². The monoisotopic (exact) mass is 179 g/mol. The summed E-state index contributed by atoms with van der Waals surface area (Å²) in [7, 11) is 0. The quantitative estimate of drug-likeness (QED) is 0.689. The Morgan fingerprint density at radius 3 is 2.77 bits per heavy atom. The molecule has 0 spiro atoms. The first-order chi connectivity index (χ1) is 6.11. The van der Waals surface area contributed by atoms with Crippen molar-refractivity contribution in [3.63, 3.8) is 0 Å². The Bertz CT molecular complexity index is 338. The van der Waals surface area contributed by atoms with Gasteiger partial charge in [0.05, 0.1) is 0 Å². The van der Waals surface area contributed by atoms with Gasteiger partial charge in [0.1, 0.15) is 5.82 Å². The van der Waals surface area contributed by atoms with Crippen molar-refractivity contribution in [1.82, 2.24) is 0 Å². The SMILES string of the molecule is Cc1cccc(F)c1C=CC(N)=O. The molecule has 0 saturated heterocycles. The fourth-order valence-corrected chi connectivity index (χ4v) is 1.02. The summed E-state index contributed by atoms with van der Waals surface area (Å²) in [5.41, 5.74) is 6.07. The summed E-state index contributed by atoms with van der Waals surface area (Å²) in [4.78, 5) is 10.4. The van der Waals surface area contributed by atoms with Crippen LogP contribution in [0.5, 0.6) is 0 Å². The van der Waals surface area contributed by atoms with Crippen LogP contribution in [0.4, 0.5) is 4.39 Å². The zero-order valence-electron chi connectivity index (χ0n) is 7.25. The van der Waals surface area contributed by atoms with Gasteiger partial charge in [0.2, 0.25) is 5.91 Å². The normalized spacial score (nSPS) is 10.6. The van der Waals surface area contributed by atoms with Gasteiger partial charge in [-0.2, -0.15) is 0 Å². The van der Waals surface area contributed by atoms with Crippen molar-refractivity contribution < 1.29 is 9.18 Å². The average molecular weight is 179 g/mol. The predicted octanol–water partition coefficient (Wildman–Crippen LogP) is 1.63. The Morgan fingerprint density at radius 2 is 2.23 bits per heavy atom. The van der Waals surface area contributed by atoms with E-state index in [4.69, 9.17) is 5.73 Å². The maximum absolute atomic E-state index is 13.1. The third kappa shape index (κ3) is 2.40. The lowest BCUT2D eigenvalue weighted by molar-refractivity contribution is -0.113. The van der Waals surface area contributed by atoms with Crippen molar-refractivity contribution >= 4 is 12.0 Å². The van der Waals surface area contributed by atoms with Gasteiger partial charge < -0.3 is 5.73 Å². The summed E-state index contributed by atoms with van der Waals surface area (Å²) in [5, 5.41) is 0. The van der Waals surface area contributed by atoms with Gasteiger partial charge in [0, 0.05) is 11.6 Å². The number of amides is 1. The smallest absolute Gasteiger partial charge is 0.241 e. The summed E-state index contributed by atoms with van der Waals surface area (Å²) in [6, 6.07) is 4.73. The van der Waals surface area contributed by atoms with E-state index in [0.29, 0.717) is 5.56 Å². The lowest BCUT2D eigenvalue weighted by Crippen LogP contribution is -2.05. The third-order valence-electron chi connectivity index (χ3n) is 1.69. The molecule has 68 valence electrons. The van der Waals surface area contributed by atoms with Crippen LogP contribution in [-0.4, -0.2) is 5.91 Å². The average Bonchev–Trinajstić information content (AvgIpc) is 2.03. The molecule has 0 atom stereocenters. The standard InChI is InChI=1S/C10H10FNO/c1-7-3-2-4-9(11)8(7)5-6-10(12)13/h2-6H,1H3,(H2,12,13). The van der Waals surface area contributed by atoms with Crippen LogP contribution in [0.2, 0.25) is 0 Å². The predicted molar refractivity (Wildman–Crippen MR) is 49.4 cm³/mol. The largest absolute Gasteiger partial charge is 0.366 e. The molecular weight excluding hydrogens is 169 g/mol. The fraction of sp³-hybridized carbons (Fsp3) is 0.100. The number of primary amides is 1. The number of hydrogen-bond donors (Lipinski definition) is 1. The molecule has 1 amide bonds. The maximum Gasteiger partial charge on any atom is 0.241 e.